The van der Waals surface area contributed by atoms with Gasteiger partial charge in [-0.2, -0.15) is 0 Å². The second kappa shape index (κ2) is 4.80. The van der Waals surface area contributed by atoms with Crippen molar-refractivity contribution < 1.29 is 19.8 Å². The van der Waals surface area contributed by atoms with E-state index < -0.39 is 5.97 Å². The van der Waals surface area contributed by atoms with Crippen molar-refractivity contribution in [3.8, 4) is 0 Å². The number of likely N-dealkylation sites (tertiary alicyclic amines) is 1. The van der Waals surface area contributed by atoms with Crippen molar-refractivity contribution in [1.29, 1.82) is 0 Å². The molecule has 0 aliphatic carbocycles. The molecule has 2 heterocycles. The minimum Gasteiger partial charge on any atom is -0.476 e. The summed E-state index contributed by atoms with van der Waals surface area (Å²) in [5, 5.41) is 19.4. The van der Waals surface area contributed by atoms with E-state index in [1.165, 1.54) is 5.38 Å². The maximum atomic E-state index is 12.0. The highest BCUT2D eigenvalue weighted by molar-refractivity contribution is 7.11. The van der Waals surface area contributed by atoms with Gasteiger partial charge in [-0.1, -0.05) is 0 Å². The molecule has 0 spiro atoms. The quantitative estimate of drug-likeness (QED) is 0.818. The smallest absolute Gasteiger partial charge is 0.355 e. The molecule has 0 saturated carbocycles. The van der Waals surface area contributed by atoms with E-state index in [0.29, 0.717) is 6.54 Å². The average molecular weight is 256 g/mol. The van der Waals surface area contributed by atoms with Gasteiger partial charge >= 0.3 is 5.97 Å². The van der Waals surface area contributed by atoms with E-state index in [-0.39, 0.29) is 29.3 Å². The van der Waals surface area contributed by atoms with Crippen molar-refractivity contribution >= 4 is 23.2 Å². The Labute approximate surface area is 102 Å². The summed E-state index contributed by atoms with van der Waals surface area (Å²) in [5.41, 5.74) is -0.113. The molecule has 1 aromatic heterocycles. The van der Waals surface area contributed by atoms with Crippen LogP contribution in [0, 0.1) is 0 Å². The first-order chi connectivity index (χ1) is 8.13. The lowest BCUT2D eigenvalue weighted by Crippen LogP contribution is -2.37. The number of nitrogens with zero attached hydrogens (tertiary/aromatic N) is 2. The Hall–Kier alpha value is -1.47. The molecule has 92 valence electrons. The molecule has 1 saturated heterocycles. The first kappa shape index (κ1) is 12.0. The van der Waals surface area contributed by atoms with Gasteiger partial charge < -0.3 is 15.1 Å². The Balaban J connectivity index is 2.16. The third kappa shape index (κ3) is 2.29. The third-order valence-electron chi connectivity index (χ3n) is 2.76. The highest BCUT2D eigenvalue weighted by atomic mass is 32.1. The summed E-state index contributed by atoms with van der Waals surface area (Å²) in [5.74, 6) is -1.43. The summed E-state index contributed by atoms with van der Waals surface area (Å²) >= 11 is 1.02. The SMILES string of the molecule is O=C(O)c1csc(C(=O)N2CCCC2CO)n1. The van der Waals surface area contributed by atoms with E-state index >= 15 is 0 Å². The van der Waals surface area contributed by atoms with Gasteiger partial charge in [-0.25, -0.2) is 9.78 Å². The van der Waals surface area contributed by atoms with Crippen molar-refractivity contribution in [2.75, 3.05) is 13.2 Å². The summed E-state index contributed by atoms with van der Waals surface area (Å²) in [7, 11) is 0. The fourth-order valence-electron chi connectivity index (χ4n) is 1.89. The molecule has 1 unspecified atom stereocenters. The Kier molecular flexibility index (Phi) is 3.39. The van der Waals surface area contributed by atoms with Crippen LogP contribution in [0.1, 0.15) is 33.1 Å². The van der Waals surface area contributed by atoms with Gasteiger partial charge in [0.25, 0.3) is 5.91 Å². The fourth-order valence-corrected chi connectivity index (χ4v) is 2.63. The first-order valence-electron chi connectivity index (χ1n) is 5.24. The van der Waals surface area contributed by atoms with Crippen LogP contribution in [-0.4, -0.2) is 51.2 Å². The molecular weight excluding hydrogens is 244 g/mol. The number of thiazole rings is 1. The number of carbonyl (C=O) groups excluding carboxylic acids is 1. The topological polar surface area (TPSA) is 90.7 Å². The number of aromatic nitrogens is 1. The molecule has 2 N–H and O–H groups in total. The summed E-state index contributed by atoms with van der Waals surface area (Å²) in [6, 6.07) is -0.167. The zero-order valence-corrected chi connectivity index (χ0v) is 9.81. The van der Waals surface area contributed by atoms with Gasteiger partial charge in [-0.3, -0.25) is 4.79 Å². The average Bonchev–Trinajstić information content (AvgIpc) is 2.96. The minimum absolute atomic E-state index is 0.0666. The molecule has 1 aromatic rings. The predicted molar refractivity (Wildman–Crippen MR) is 60.2 cm³/mol. The van der Waals surface area contributed by atoms with Crippen LogP contribution in [0.3, 0.4) is 0 Å². The lowest BCUT2D eigenvalue weighted by Gasteiger charge is -2.21. The Morgan fingerprint density at radius 1 is 1.59 bits per heavy atom. The predicted octanol–water partition coefficient (Wildman–Crippen LogP) is 0.438. The molecule has 1 aliphatic heterocycles. The van der Waals surface area contributed by atoms with Crippen molar-refractivity contribution in [2.24, 2.45) is 0 Å². The van der Waals surface area contributed by atoms with Gasteiger partial charge in [0.05, 0.1) is 12.6 Å². The Morgan fingerprint density at radius 2 is 2.35 bits per heavy atom. The van der Waals surface area contributed by atoms with Crippen LogP contribution in [0.5, 0.6) is 0 Å². The monoisotopic (exact) mass is 256 g/mol. The standard InChI is InChI=1S/C10H12N2O4S/c13-4-6-2-1-3-12(6)9(14)8-11-7(5-17-8)10(15)16/h5-6,13H,1-4H2,(H,15,16). The number of hydrogen-bond donors (Lipinski definition) is 2. The molecule has 1 amide bonds. The number of aliphatic hydroxyl groups excluding tert-OH is 1. The number of carbonyl (C=O) groups is 2. The summed E-state index contributed by atoms with van der Waals surface area (Å²) < 4.78 is 0. The molecule has 7 heteroatoms. The molecule has 0 aromatic carbocycles. The highest BCUT2D eigenvalue weighted by Gasteiger charge is 2.30. The number of aromatic carboxylic acids is 1. The molecule has 2 rings (SSSR count). The Bertz CT molecular complexity index is 445. The van der Waals surface area contributed by atoms with E-state index in [4.69, 9.17) is 10.2 Å². The van der Waals surface area contributed by atoms with Gasteiger partial charge in [-0.05, 0) is 12.8 Å². The number of hydrogen-bond acceptors (Lipinski definition) is 5. The van der Waals surface area contributed by atoms with Crippen LogP contribution in [-0.2, 0) is 0 Å². The molecule has 6 nitrogen and oxygen atoms in total. The van der Waals surface area contributed by atoms with Crippen LogP contribution < -0.4 is 0 Å². The summed E-state index contributed by atoms with van der Waals surface area (Å²) in [6.45, 7) is 0.523. The van der Waals surface area contributed by atoms with E-state index in [1.807, 2.05) is 0 Å². The van der Waals surface area contributed by atoms with Crippen LogP contribution in [0.4, 0.5) is 0 Å². The van der Waals surface area contributed by atoms with Crippen LogP contribution in [0.2, 0.25) is 0 Å². The molecule has 0 radical (unpaired) electrons. The second-order valence-corrected chi connectivity index (χ2v) is 4.68. The zero-order chi connectivity index (χ0) is 12.4. The van der Waals surface area contributed by atoms with Crippen molar-refractivity contribution in [2.45, 2.75) is 18.9 Å². The van der Waals surface area contributed by atoms with E-state index in [2.05, 4.69) is 4.98 Å². The zero-order valence-electron chi connectivity index (χ0n) is 9.00. The second-order valence-electron chi connectivity index (χ2n) is 3.82. The molecule has 1 fully saturated rings. The van der Waals surface area contributed by atoms with Crippen molar-refractivity contribution in [3.63, 3.8) is 0 Å². The normalized spacial score (nSPS) is 19.6. The van der Waals surface area contributed by atoms with Crippen LogP contribution in [0.25, 0.3) is 0 Å². The van der Waals surface area contributed by atoms with Crippen LogP contribution in [0.15, 0.2) is 5.38 Å². The number of carboxylic acid groups (broad SMARTS) is 1. The molecule has 1 atom stereocenters. The van der Waals surface area contributed by atoms with Gasteiger partial charge in [-0.15, -0.1) is 11.3 Å². The molecule has 1 aliphatic rings. The van der Waals surface area contributed by atoms with Gasteiger partial charge in [0.2, 0.25) is 0 Å². The lowest BCUT2D eigenvalue weighted by molar-refractivity contribution is 0.0675. The first-order valence-corrected chi connectivity index (χ1v) is 6.12. The molecule has 17 heavy (non-hydrogen) atoms. The van der Waals surface area contributed by atoms with Crippen LogP contribution >= 0.6 is 11.3 Å². The van der Waals surface area contributed by atoms with Gasteiger partial charge in [0, 0.05) is 11.9 Å². The number of aliphatic hydroxyl groups is 1. The maximum absolute atomic E-state index is 12.0. The van der Waals surface area contributed by atoms with E-state index in [0.717, 1.165) is 24.2 Å². The van der Waals surface area contributed by atoms with Crippen molar-refractivity contribution in [3.05, 3.63) is 16.1 Å². The van der Waals surface area contributed by atoms with Gasteiger partial charge in [0.15, 0.2) is 10.7 Å². The maximum Gasteiger partial charge on any atom is 0.355 e. The molecule has 0 bridgehead atoms. The number of rotatable bonds is 3. The van der Waals surface area contributed by atoms with E-state index in [1.54, 1.807) is 4.90 Å². The van der Waals surface area contributed by atoms with Crippen molar-refractivity contribution in [1.82, 2.24) is 9.88 Å². The highest BCUT2D eigenvalue weighted by Crippen LogP contribution is 2.21. The summed E-state index contributed by atoms with van der Waals surface area (Å²) in [4.78, 5) is 28.0. The summed E-state index contributed by atoms with van der Waals surface area (Å²) in [6.07, 6.45) is 1.63. The lowest BCUT2D eigenvalue weighted by atomic mass is 10.2. The fraction of sp³-hybridized carbons (Fsp3) is 0.500. The Morgan fingerprint density at radius 3 is 2.94 bits per heavy atom. The number of carboxylic acids is 1. The minimum atomic E-state index is -1.14. The van der Waals surface area contributed by atoms with Gasteiger partial charge in [0.1, 0.15) is 0 Å². The molecular formula is C10H12N2O4S. The van der Waals surface area contributed by atoms with E-state index in [9.17, 15) is 9.59 Å². The number of amides is 1. The third-order valence-corrected chi connectivity index (χ3v) is 3.59. The largest absolute Gasteiger partial charge is 0.476 e.